The van der Waals surface area contributed by atoms with Crippen LogP contribution < -0.4 is 5.32 Å². The van der Waals surface area contributed by atoms with Crippen molar-refractivity contribution in [1.29, 1.82) is 0 Å². The van der Waals surface area contributed by atoms with Crippen molar-refractivity contribution in [2.75, 3.05) is 39.3 Å². The fourth-order valence-electron chi connectivity index (χ4n) is 9.85. The summed E-state index contributed by atoms with van der Waals surface area (Å²) in [5, 5.41) is 14.3. The largest absolute Gasteiger partial charge is 0.391 e. The van der Waals surface area contributed by atoms with Gasteiger partial charge in [0.05, 0.1) is 6.10 Å². The van der Waals surface area contributed by atoms with Gasteiger partial charge in [0.15, 0.2) is 0 Å². The first-order valence-corrected chi connectivity index (χ1v) is 20.4. The van der Waals surface area contributed by atoms with Gasteiger partial charge in [0.25, 0.3) is 0 Å². The molecule has 282 valence electrons. The fourth-order valence-corrected chi connectivity index (χ4v) is 9.85. The predicted octanol–water partition coefficient (Wildman–Crippen LogP) is 6.16. The van der Waals surface area contributed by atoms with Gasteiger partial charge in [0, 0.05) is 39.1 Å². The molecule has 3 heterocycles. The van der Waals surface area contributed by atoms with Gasteiger partial charge in [-0.25, -0.2) is 0 Å². The number of β-amino-alcohol motifs (C(OH)–C–C–N with tert-alkyl or cyclic N) is 1. The quantitative estimate of drug-likeness (QED) is 0.245. The van der Waals surface area contributed by atoms with Crippen molar-refractivity contribution >= 4 is 17.7 Å². The van der Waals surface area contributed by atoms with E-state index in [1.807, 2.05) is 91.0 Å². The van der Waals surface area contributed by atoms with E-state index in [0.717, 1.165) is 55.0 Å². The lowest BCUT2D eigenvalue weighted by Gasteiger charge is -2.40. The third-order valence-corrected chi connectivity index (χ3v) is 12.5. The summed E-state index contributed by atoms with van der Waals surface area (Å²) in [6.07, 6.45) is 12.4. The summed E-state index contributed by atoms with van der Waals surface area (Å²) in [5.74, 6) is 0.597. The number of piperidine rings is 1. The molecule has 53 heavy (non-hydrogen) atoms. The topological polar surface area (TPSA) is 93.2 Å². The van der Waals surface area contributed by atoms with E-state index in [0.29, 0.717) is 25.4 Å². The summed E-state index contributed by atoms with van der Waals surface area (Å²) in [6, 6.07) is 27.7. The summed E-state index contributed by atoms with van der Waals surface area (Å²) in [5.41, 5.74) is 1.12. The second kappa shape index (κ2) is 17.4. The molecule has 4 aliphatic rings. The highest BCUT2D eigenvalue weighted by atomic mass is 16.3. The van der Waals surface area contributed by atoms with Crippen molar-refractivity contribution in [3.8, 4) is 0 Å². The molecule has 3 saturated heterocycles. The van der Waals surface area contributed by atoms with Crippen LogP contribution in [0.2, 0.25) is 0 Å². The molecule has 3 aromatic rings. The van der Waals surface area contributed by atoms with Gasteiger partial charge in [0.1, 0.15) is 17.5 Å². The third kappa shape index (κ3) is 8.24. The van der Waals surface area contributed by atoms with Crippen molar-refractivity contribution < 1.29 is 19.5 Å². The molecule has 8 nitrogen and oxygen atoms in total. The maximum atomic E-state index is 15.4. The molecule has 3 amide bonds. The Labute approximate surface area is 315 Å². The molecular formula is C45H58N4O4. The zero-order valence-corrected chi connectivity index (χ0v) is 31.3. The fraction of sp³-hybridized carbons (Fsp3) is 0.533. The van der Waals surface area contributed by atoms with E-state index in [9.17, 15) is 14.7 Å². The predicted molar refractivity (Wildman–Crippen MR) is 208 cm³/mol. The molecule has 2 N–H and O–H groups in total. The van der Waals surface area contributed by atoms with Crippen molar-refractivity contribution in [2.24, 2.45) is 11.8 Å². The summed E-state index contributed by atoms with van der Waals surface area (Å²) in [6.45, 7) is 4.48. The number of aliphatic hydroxyl groups is 1. The van der Waals surface area contributed by atoms with Crippen LogP contribution in [0.4, 0.5) is 0 Å². The number of aliphatic hydroxyl groups excluding tert-OH is 1. The zero-order chi connectivity index (χ0) is 36.6. The summed E-state index contributed by atoms with van der Waals surface area (Å²) in [4.78, 5) is 49.7. The second-order valence-corrected chi connectivity index (χ2v) is 16.1. The molecule has 0 unspecified atom stereocenters. The lowest BCUT2D eigenvalue weighted by atomic mass is 9.68. The highest BCUT2D eigenvalue weighted by Gasteiger charge is 2.52. The van der Waals surface area contributed by atoms with E-state index in [1.165, 1.54) is 51.5 Å². The first kappa shape index (κ1) is 37.3. The monoisotopic (exact) mass is 718 g/mol. The van der Waals surface area contributed by atoms with Crippen LogP contribution in [0.15, 0.2) is 91.0 Å². The molecule has 8 heteroatoms. The Morgan fingerprint density at radius 2 is 1.17 bits per heavy atom. The number of hydrogen-bond acceptors (Lipinski definition) is 5. The molecule has 1 saturated carbocycles. The first-order valence-electron chi connectivity index (χ1n) is 20.4. The van der Waals surface area contributed by atoms with Gasteiger partial charge in [-0.2, -0.15) is 0 Å². The van der Waals surface area contributed by atoms with Crippen LogP contribution in [0.3, 0.4) is 0 Å². The summed E-state index contributed by atoms with van der Waals surface area (Å²) < 4.78 is 0. The Balaban J connectivity index is 1.07. The van der Waals surface area contributed by atoms with Gasteiger partial charge in [-0.1, -0.05) is 123 Å². The second-order valence-electron chi connectivity index (χ2n) is 16.1. The number of rotatable bonds is 10. The molecular weight excluding hydrogens is 661 g/mol. The SMILES string of the molecule is O=C(NC[C@H]1CCCN(CC2CCCCCCC2)C1)[C@H]1CCCN1C(=O)[C@@H]1C[C@@H](O)CN1C(=O)C(c1ccccc1)(c1ccccc1)c1ccccc1. The van der Waals surface area contributed by atoms with Crippen LogP contribution in [0.1, 0.15) is 93.7 Å². The van der Waals surface area contributed by atoms with Gasteiger partial charge in [-0.3, -0.25) is 14.4 Å². The van der Waals surface area contributed by atoms with E-state index in [-0.39, 0.29) is 30.7 Å². The van der Waals surface area contributed by atoms with Gasteiger partial charge < -0.3 is 25.1 Å². The minimum absolute atomic E-state index is 0.0488. The van der Waals surface area contributed by atoms with Gasteiger partial charge in [-0.05, 0) is 73.6 Å². The van der Waals surface area contributed by atoms with Crippen LogP contribution in [0.5, 0.6) is 0 Å². The van der Waals surface area contributed by atoms with Crippen molar-refractivity contribution in [3.05, 3.63) is 108 Å². The van der Waals surface area contributed by atoms with E-state index >= 15 is 4.79 Å². The molecule has 3 aromatic carbocycles. The molecule has 0 radical (unpaired) electrons. The number of amides is 3. The molecule has 4 atom stereocenters. The van der Waals surface area contributed by atoms with Gasteiger partial charge >= 0.3 is 0 Å². The standard InChI is InChI=1S/C45H58N4O4/c50-39-29-41(49(33-39)44(53)45(36-20-9-4-10-21-36,37-22-11-5-12-23-37)38-24-13-6-14-25-38)43(52)48-28-16-26-40(48)42(51)46-30-35-19-15-27-47(32-35)31-34-17-7-2-1-3-8-18-34/h4-6,9-14,20-25,34-35,39-41,50H,1-3,7-8,15-19,26-33H2,(H,46,51)/t35-,39-,40-,41+/m1/s1. The van der Waals surface area contributed by atoms with Crippen LogP contribution in [0.25, 0.3) is 0 Å². The highest BCUT2D eigenvalue weighted by Crippen LogP contribution is 2.43. The zero-order valence-electron chi connectivity index (χ0n) is 31.3. The van der Waals surface area contributed by atoms with Crippen molar-refractivity contribution in [3.63, 3.8) is 0 Å². The lowest BCUT2D eigenvalue weighted by Crippen LogP contribution is -2.56. The number of hydrogen-bond donors (Lipinski definition) is 2. The van der Waals surface area contributed by atoms with Crippen LogP contribution in [-0.4, -0.2) is 95.0 Å². The third-order valence-electron chi connectivity index (χ3n) is 12.5. The number of likely N-dealkylation sites (tertiary alicyclic amines) is 3. The van der Waals surface area contributed by atoms with Crippen molar-refractivity contribution in [2.45, 2.75) is 101 Å². The average molecular weight is 719 g/mol. The summed E-state index contributed by atoms with van der Waals surface area (Å²) in [7, 11) is 0. The molecule has 3 aliphatic heterocycles. The van der Waals surface area contributed by atoms with Crippen LogP contribution >= 0.6 is 0 Å². The van der Waals surface area contributed by atoms with Gasteiger partial charge in [0.2, 0.25) is 17.7 Å². The Morgan fingerprint density at radius 3 is 1.77 bits per heavy atom. The van der Waals surface area contributed by atoms with E-state index in [4.69, 9.17) is 0 Å². The van der Waals surface area contributed by atoms with E-state index < -0.39 is 23.6 Å². The lowest BCUT2D eigenvalue weighted by molar-refractivity contribution is -0.147. The maximum absolute atomic E-state index is 15.4. The van der Waals surface area contributed by atoms with Crippen LogP contribution in [-0.2, 0) is 19.8 Å². The molecule has 4 fully saturated rings. The minimum atomic E-state index is -1.25. The molecule has 0 aromatic heterocycles. The van der Waals surface area contributed by atoms with E-state index in [1.54, 1.807) is 9.80 Å². The summed E-state index contributed by atoms with van der Waals surface area (Å²) >= 11 is 0. The molecule has 1 aliphatic carbocycles. The Hall–Kier alpha value is -4.01. The number of carbonyl (C=O) groups excluding carboxylic acids is 3. The van der Waals surface area contributed by atoms with Gasteiger partial charge in [-0.15, -0.1) is 0 Å². The van der Waals surface area contributed by atoms with Crippen LogP contribution in [0, 0.1) is 11.8 Å². The molecule has 0 bridgehead atoms. The smallest absolute Gasteiger partial charge is 0.246 e. The number of nitrogens with one attached hydrogen (secondary N) is 1. The molecule has 7 rings (SSSR count). The number of nitrogens with zero attached hydrogens (tertiary/aromatic N) is 3. The first-order chi connectivity index (χ1) is 25.9. The number of benzene rings is 3. The van der Waals surface area contributed by atoms with E-state index in [2.05, 4.69) is 10.2 Å². The highest BCUT2D eigenvalue weighted by molar-refractivity contribution is 6.00. The Kier molecular flexibility index (Phi) is 12.3. The van der Waals surface area contributed by atoms with Crippen molar-refractivity contribution in [1.82, 2.24) is 20.0 Å². The number of carbonyl (C=O) groups is 3. The Morgan fingerprint density at radius 1 is 0.623 bits per heavy atom. The normalized spacial score (nSPS) is 24.8. The average Bonchev–Trinajstić information content (AvgIpc) is 3.84. The molecule has 0 spiro atoms. The maximum Gasteiger partial charge on any atom is 0.246 e. The Bertz CT molecular complexity index is 1550. The minimum Gasteiger partial charge on any atom is -0.391 e.